The summed E-state index contributed by atoms with van der Waals surface area (Å²) in [7, 11) is 0. The van der Waals surface area contributed by atoms with Crippen molar-refractivity contribution in [2.24, 2.45) is 10.7 Å². The molecule has 6 rings (SSSR count). The van der Waals surface area contributed by atoms with Crippen molar-refractivity contribution in [2.75, 3.05) is 18.4 Å². The standard InChI is InChI=1S/C22H24ClN9S/c23-13-1-2-16-17(9-13)28-18(27-16)10-25-20-19-21(32(12-26-19)15-5-8-33-11-15)30-22(29-20)31-6-3-14(24)4-7-31/h1-2,5,8-9,11-12,14,22,30H,3-4,6-7,10,24H2,(H,25,29)(H,27,28). The van der Waals surface area contributed by atoms with Gasteiger partial charge in [0.05, 0.1) is 23.3 Å². The Morgan fingerprint density at radius 1 is 1.21 bits per heavy atom. The number of nitrogens with one attached hydrogen (secondary N) is 3. The zero-order valence-electron chi connectivity index (χ0n) is 17.8. The van der Waals surface area contributed by atoms with Crippen molar-refractivity contribution in [1.82, 2.24) is 29.7 Å². The molecule has 170 valence electrons. The van der Waals surface area contributed by atoms with Crippen molar-refractivity contribution in [1.29, 1.82) is 0 Å². The quantitative estimate of drug-likeness (QED) is 0.356. The predicted molar refractivity (Wildman–Crippen MR) is 132 cm³/mol. The van der Waals surface area contributed by atoms with Crippen molar-refractivity contribution >= 4 is 45.6 Å². The van der Waals surface area contributed by atoms with Crippen molar-refractivity contribution in [3.8, 4) is 5.69 Å². The third kappa shape index (κ3) is 3.99. The highest BCUT2D eigenvalue weighted by atomic mass is 35.5. The topological polar surface area (TPSA) is 112 Å². The largest absolute Gasteiger partial charge is 0.340 e. The smallest absolute Gasteiger partial charge is 0.157 e. The molecule has 0 bridgehead atoms. The molecule has 0 aliphatic carbocycles. The molecule has 1 atom stereocenters. The van der Waals surface area contributed by atoms with Crippen LogP contribution < -0.4 is 16.4 Å². The van der Waals surface area contributed by atoms with E-state index in [1.54, 1.807) is 11.3 Å². The first-order valence-electron chi connectivity index (χ1n) is 11.0. The lowest BCUT2D eigenvalue weighted by Crippen LogP contribution is -2.58. The number of nitrogens with zero attached hydrogens (tertiary/aromatic N) is 5. The van der Waals surface area contributed by atoms with E-state index in [9.17, 15) is 0 Å². The number of rotatable bonds is 4. The van der Waals surface area contributed by atoms with Gasteiger partial charge in [-0.15, -0.1) is 0 Å². The lowest BCUT2D eigenvalue weighted by Gasteiger charge is -2.40. The molecule has 5 heterocycles. The average molecular weight is 482 g/mol. The number of fused-ring (bicyclic) bond motifs is 2. The first kappa shape index (κ1) is 20.7. The Labute approximate surface area is 199 Å². The summed E-state index contributed by atoms with van der Waals surface area (Å²) in [6, 6.07) is 7.98. The van der Waals surface area contributed by atoms with Gasteiger partial charge >= 0.3 is 0 Å². The van der Waals surface area contributed by atoms with Crippen molar-refractivity contribution in [2.45, 2.75) is 31.7 Å². The third-order valence-electron chi connectivity index (χ3n) is 6.14. The molecule has 0 spiro atoms. The van der Waals surface area contributed by atoms with Crippen LogP contribution in [0.5, 0.6) is 0 Å². The summed E-state index contributed by atoms with van der Waals surface area (Å²) in [6.45, 7) is 2.24. The van der Waals surface area contributed by atoms with Crippen LogP contribution in [-0.2, 0) is 6.54 Å². The molecular weight excluding hydrogens is 458 g/mol. The molecule has 0 saturated carbocycles. The van der Waals surface area contributed by atoms with E-state index in [-0.39, 0.29) is 12.3 Å². The van der Waals surface area contributed by atoms with E-state index in [4.69, 9.17) is 22.3 Å². The maximum absolute atomic E-state index is 6.13. The SMILES string of the molecule is NC1CCN(C2NC(=NCc3nc4ccc(Cl)cc4[nH]3)c3ncn(-c4ccsc4)c3N2)CC1. The second-order valence-corrected chi connectivity index (χ2v) is 9.58. The van der Waals surface area contributed by atoms with E-state index in [0.29, 0.717) is 11.6 Å². The number of anilines is 1. The van der Waals surface area contributed by atoms with E-state index in [2.05, 4.69) is 51.9 Å². The van der Waals surface area contributed by atoms with Gasteiger partial charge in [0.15, 0.2) is 12.1 Å². The summed E-state index contributed by atoms with van der Waals surface area (Å²) < 4.78 is 2.08. The number of H-pyrrole nitrogens is 1. The minimum atomic E-state index is -0.0904. The van der Waals surface area contributed by atoms with Gasteiger partial charge in [-0.3, -0.25) is 14.5 Å². The number of nitrogens with two attached hydrogens (primary N) is 1. The molecule has 4 aromatic rings. The number of imidazole rings is 2. The van der Waals surface area contributed by atoms with Crippen LogP contribution in [0.1, 0.15) is 24.4 Å². The molecular formula is C22H24ClN9S. The first-order chi connectivity index (χ1) is 16.1. The van der Waals surface area contributed by atoms with Gasteiger partial charge in [-0.2, -0.15) is 11.3 Å². The van der Waals surface area contributed by atoms with Crippen LogP contribution in [0.2, 0.25) is 5.02 Å². The van der Waals surface area contributed by atoms with E-state index in [0.717, 1.165) is 65.8 Å². The number of aromatic amines is 1. The molecule has 2 aliphatic heterocycles. The molecule has 0 amide bonds. The molecule has 11 heteroatoms. The van der Waals surface area contributed by atoms with Crippen molar-refractivity contribution in [3.05, 3.63) is 57.9 Å². The van der Waals surface area contributed by atoms with Crippen LogP contribution in [0, 0.1) is 0 Å². The maximum Gasteiger partial charge on any atom is 0.157 e. The van der Waals surface area contributed by atoms with E-state index < -0.39 is 0 Å². The molecule has 1 unspecified atom stereocenters. The van der Waals surface area contributed by atoms with Gasteiger partial charge in [-0.1, -0.05) is 11.6 Å². The number of thiophene rings is 1. The highest BCUT2D eigenvalue weighted by molar-refractivity contribution is 7.08. The number of aromatic nitrogens is 4. The van der Waals surface area contributed by atoms with Crippen LogP contribution >= 0.6 is 22.9 Å². The minimum Gasteiger partial charge on any atom is -0.340 e. The van der Waals surface area contributed by atoms with Crippen LogP contribution in [0.4, 0.5) is 5.82 Å². The van der Waals surface area contributed by atoms with Crippen molar-refractivity contribution < 1.29 is 0 Å². The number of benzene rings is 1. The fourth-order valence-electron chi connectivity index (χ4n) is 4.36. The highest BCUT2D eigenvalue weighted by Crippen LogP contribution is 2.27. The number of amidine groups is 1. The fourth-order valence-corrected chi connectivity index (χ4v) is 5.16. The Hall–Kier alpha value is -2.92. The normalized spacial score (nSPS) is 20.7. The van der Waals surface area contributed by atoms with Gasteiger partial charge in [0, 0.05) is 29.5 Å². The molecule has 5 N–H and O–H groups in total. The lowest BCUT2D eigenvalue weighted by molar-refractivity contribution is 0.157. The molecule has 0 radical (unpaired) electrons. The molecule has 1 saturated heterocycles. The summed E-state index contributed by atoms with van der Waals surface area (Å²) in [5.74, 6) is 2.46. The molecule has 33 heavy (non-hydrogen) atoms. The number of hydrogen-bond donors (Lipinski definition) is 4. The summed E-state index contributed by atoms with van der Waals surface area (Å²) in [5.41, 5.74) is 9.79. The van der Waals surface area contributed by atoms with Gasteiger partial charge in [-0.05, 0) is 42.5 Å². The molecule has 3 aromatic heterocycles. The molecule has 2 aliphatic rings. The number of aliphatic imine (C=N–C) groups is 1. The summed E-state index contributed by atoms with van der Waals surface area (Å²) >= 11 is 7.77. The van der Waals surface area contributed by atoms with E-state index >= 15 is 0 Å². The van der Waals surface area contributed by atoms with Crippen LogP contribution in [0.3, 0.4) is 0 Å². The number of halogens is 1. The molecule has 1 fully saturated rings. The maximum atomic E-state index is 6.13. The Balaban J connectivity index is 1.33. The Kier molecular flexibility index (Phi) is 5.30. The fraction of sp³-hybridized carbons (Fsp3) is 0.318. The summed E-state index contributed by atoms with van der Waals surface area (Å²) in [6.07, 6.45) is 3.70. The zero-order chi connectivity index (χ0) is 22.4. The van der Waals surface area contributed by atoms with Gasteiger partial charge in [0.1, 0.15) is 23.7 Å². The second kappa shape index (κ2) is 8.45. The van der Waals surface area contributed by atoms with Gasteiger partial charge in [0.25, 0.3) is 0 Å². The average Bonchev–Trinajstić information content (AvgIpc) is 3.56. The number of piperidine rings is 1. The van der Waals surface area contributed by atoms with Gasteiger partial charge < -0.3 is 21.4 Å². The van der Waals surface area contributed by atoms with Gasteiger partial charge in [0.2, 0.25) is 0 Å². The molecule has 9 nitrogen and oxygen atoms in total. The first-order valence-corrected chi connectivity index (χ1v) is 12.3. The minimum absolute atomic E-state index is 0.0904. The molecule has 1 aromatic carbocycles. The Morgan fingerprint density at radius 3 is 2.91 bits per heavy atom. The summed E-state index contributed by atoms with van der Waals surface area (Å²) in [5, 5.41) is 12.0. The summed E-state index contributed by atoms with van der Waals surface area (Å²) in [4.78, 5) is 19.9. The highest BCUT2D eigenvalue weighted by Gasteiger charge is 2.32. The third-order valence-corrected chi connectivity index (χ3v) is 7.05. The Bertz CT molecular complexity index is 1300. The monoisotopic (exact) mass is 481 g/mol. The van der Waals surface area contributed by atoms with Crippen LogP contribution in [0.15, 0.2) is 46.3 Å². The predicted octanol–water partition coefficient (Wildman–Crippen LogP) is 3.13. The van der Waals surface area contributed by atoms with Crippen LogP contribution in [0.25, 0.3) is 16.7 Å². The van der Waals surface area contributed by atoms with Crippen molar-refractivity contribution in [3.63, 3.8) is 0 Å². The Morgan fingerprint density at radius 2 is 2.09 bits per heavy atom. The number of hydrogen-bond acceptors (Lipinski definition) is 7. The van der Waals surface area contributed by atoms with E-state index in [1.165, 1.54) is 0 Å². The number of likely N-dealkylation sites (tertiary alicyclic amines) is 1. The van der Waals surface area contributed by atoms with Gasteiger partial charge in [-0.25, -0.2) is 9.97 Å². The van der Waals surface area contributed by atoms with E-state index in [1.807, 2.05) is 24.5 Å². The van der Waals surface area contributed by atoms with Crippen LogP contribution in [-0.4, -0.2) is 55.7 Å². The second-order valence-electron chi connectivity index (χ2n) is 8.37. The zero-order valence-corrected chi connectivity index (χ0v) is 19.4. The lowest BCUT2D eigenvalue weighted by atomic mass is 10.1.